The Morgan fingerprint density at radius 2 is 2.10 bits per heavy atom. The Kier molecular flexibility index (Phi) is 5.70. The third-order valence-corrected chi connectivity index (χ3v) is 4.21. The normalized spacial score (nSPS) is 19.0. The number of hydrogen-bond acceptors (Lipinski definition) is 3. The number of hydrogen-bond donors (Lipinski definition) is 2. The second-order valence-electron chi connectivity index (χ2n) is 5.82. The second kappa shape index (κ2) is 7.30. The van der Waals surface area contributed by atoms with Crippen LogP contribution >= 0.6 is 11.6 Å². The van der Waals surface area contributed by atoms with Gasteiger partial charge in [-0.15, -0.1) is 0 Å². The van der Waals surface area contributed by atoms with E-state index in [4.69, 9.17) is 22.1 Å². The fourth-order valence-electron chi connectivity index (χ4n) is 2.89. The van der Waals surface area contributed by atoms with Crippen molar-refractivity contribution in [3.63, 3.8) is 0 Å². The molecular formula is C16H24ClNO2. The molecule has 1 fully saturated rings. The average Bonchev–Trinajstić information content (AvgIpc) is 2.90. The zero-order valence-corrected chi connectivity index (χ0v) is 12.8. The van der Waals surface area contributed by atoms with E-state index in [-0.39, 0.29) is 6.04 Å². The van der Waals surface area contributed by atoms with E-state index in [1.54, 1.807) is 6.07 Å². The van der Waals surface area contributed by atoms with Crippen LogP contribution in [0, 0.1) is 5.92 Å². The number of ether oxygens (including phenoxy) is 1. The molecule has 0 radical (unpaired) electrons. The van der Waals surface area contributed by atoms with Crippen molar-refractivity contribution >= 4 is 11.6 Å². The summed E-state index contributed by atoms with van der Waals surface area (Å²) in [5.41, 5.74) is 6.80. The fourth-order valence-corrected chi connectivity index (χ4v) is 3.07. The van der Waals surface area contributed by atoms with E-state index in [1.807, 2.05) is 19.1 Å². The topological polar surface area (TPSA) is 55.5 Å². The Morgan fingerprint density at radius 1 is 1.40 bits per heavy atom. The average molecular weight is 298 g/mol. The number of aliphatic hydroxyl groups excluding tert-OH is 1. The molecule has 0 aliphatic heterocycles. The molecule has 0 amide bonds. The molecule has 0 spiro atoms. The molecule has 1 aromatic carbocycles. The Bertz CT molecular complexity index is 430. The summed E-state index contributed by atoms with van der Waals surface area (Å²) in [5.74, 6) is 1.38. The van der Waals surface area contributed by atoms with Crippen molar-refractivity contribution in [2.75, 3.05) is 6.61 Å². The number of benzene rings is 1. The molecule has 112 valence electrons. The van der Waals surface area contributed by atoms with Gasteiger partial charge in [-0.3, -0.25) is 0 Å². The highest BCUT2D eigenvalue weighted by Crippen LogP contribution is 2.30. The van der Waals surface area contributed by atoms with E-state index in [2.05, 4.69) is 0 Å². The SMILES string of the molecule is CC(N)c1cc(Cl)ccc1OCC(O)CC1CCCC1. The molecule has 1 saturated carbocycles. The summed E-state index contributed by atoms with van der Waals surface area (Å²) in [6.45, 7) is 2.21. The van der Waals surface area contributed by atoms with Gasteiger partial charge in [0.15, 0.2) is 0 Å². The first kappa shape index (κ1) is 15.6. The van der Waals surface area contributed by atoms with E-state index in [0.29, 0.717) is 17.5 Å². The molecule has 1 aliphatic carbocycles. The lowest BCUT2D eigenvalue weighted by Gasteiger charge is -2.18. The molecule has 1 aliphatic rings. The molecule has 0 bridgehead atoms. The highest BCUT2D eigenvalue weighted by atomic mass is 35.5. The maximum absolute atomic E-state index is 10.1. The highest BCUT2D eigenvalue weighted by molar-refractivity contribution is 6.30. The minimum absolute atomic E-state index is 0.143. The molecule has 1 aromatic rings. The fraction of sp³-hybridized carbons (Fsp3) is 0.625. The summed E-state index contributed by atoms with van der Waals surface area (Å²) >= 11 is 5.98. The van der Waals surface area contributed by atoms with Crippen LogP contribution in [0.5, 0.6) is 5.75 Å². The molecule has 2 rings (SSSR count). The zero-order valence-electron chi connectivity index (χ0n) is 12.0. The van der Waals surface area contributed by atoms with E-state index in [9.17, 15) is 5.11 Å². The van der Waals surface area contributed by atoms with Crippen LogP contribution in [-0.4, -0.2) is 17.8 Å². The van der Waals surface area contributed by atoms with Crippen LogP contribution in [0.1, 0.15) is 50.6 Å². The predicted octanol–water partition coefficient (Wildman–Crippen LogP) is 3.68. The Morgan fingerprint density at radius 3 is 2.75 bits per heavy atom. The van der Waals surface area contributed by atoms with Crippen LogP contribution in [0.2, 0.25) is 5.02 Å². The van der Waals surface area contributed by atoms with Crippen molar-refractivity contribution in [1.29, 1.82) is 0 Å². The van der Waals surface area contributed by atoms with Gasteiger partial charge in [0.2, 0.25) is 0 Å². The van der Waals surface area contributed by atoms with Crippen LogP contribution in [-0.2, 0) is 0 Å². The third kappa shape index (κ3) is 4.37. The molecule has 3 nitrogen and oxygen atoms in total. The highest BCUT2D eigenvalue weighted by Gasteiger charge is 2.19. The standard InChI is InChI=1S/C16H24ClNO2/c1-11(18)15-9-13(17)6-7-16(15)20-10-14(19)8-12-4-2-3-5-12/h6-7,9,11-12,14,19H,2-5,8,10,18H2,1H3. The number of halogens is 1. The summed E-state index contributed by atoms with van der Waals surface area (Å²) in [4.78, 5) is 0. The summed E-state index contributed by atoms with van der Waals surface area (Å²) in [5, 5.41) is 10.7. The Balaban J connectivity index is 1.89. The number of aliphatic hydroxyl groups is 1. The van der Waals surface area contributed by atoms with Gasteiger partial charge < -0.3 is 15.6 Å². The monoisotopic (exact) mass is 297 g/mol. The van der Waals surface area contributed by atoms with Crippen LogP contribution in [0.3, 0.4) is 0 Å². The van der Waals surface area contributed by atoms with Gasteiger partial charge in [-0.25, -0.2) is 0 Å². The number of rotatable bonds is 6. The van der Waals surface area contributed by atoms with E-state index in [1.165, 1.54) is 25.7 Å². The predicted molar refractivity (Wildman–Crippen MR) is 82.1 cm³/mol. The van der Waals surface area contributed by atoms with E-state index < -0.39 is 6.10 Å². The smallest absolute Gasteiger partial charge is 0.124 e. The first-order valence-electron chi connectivity index (χ1n) is 7.42. The maximum Gasteiger partial charge on any atom is 0.124 e. The van der Waals surface area contributed by atoms with Gasteiger partial charge >= 0.3 is 0 Å². The second-order valence-corrected chi connectivity index (χ2v) is 6.26. The first-order valence-corrected chi connectivity index (χ1v) is 7.80. The van der Waals surface area contributed by atoms with E-state index in [0.717, 1.165) is 17.7 Å². The molecule has 0 saturated heterocycles. The largest absolute Gasteiger partial charge is 0.491 e. The van der Waals surface area contributed by atoms with Crippen LogP contribution < -0.4 is 10.5 Å². The minimum atomic E-state index is -0.408. The minimum Gasteiger partial charge on any atom is -0.491 e. The van der Waals surface area contributed by atoms with Gasteiger partial charge in [0, 0.05) is 16.6 Å². The van der Waals surface area contributed by atoms with Crippen molar-refractivity contribution < 1.29 is 9.84 Å². The van der Waals surface area contributed by atoms with Gasteiger partial charge in [0.05, 0.1) is 6.10 Å². The zero-order chi connectivity index (χ0) is 14.5. The number of nitrogens with two attached hydrogens (primary N) is 1. The third-order valence-electron chi connectivity index (χ3n) is 3.97. The Hall–Kier alpha value is -0.770. The van der Waals surface area contributed by atoms with Gasteiger partial charge in [0.1, 0.15) is 12.4 Å². The quantitative estimate of drug-likeness (QED) is 0.842. The van der Waals surface area contributed by atoms with Gasteiger partial charge in [-0.1, -0.05) is 37.3 Å². The molecule has 2 atom stereocenters. The molecule has 3 N–H and O–H groups in total. The lowest BCUT2D eigenvalue weighted by molar-refractivity contribution is 0.0849. The maximum atomic E-state index is 10.1. The van der Waals surface area contributed by atoms with Gasteiger partial charge in [0.25, 0.3) is 0 Å². The van der Waals surface area contributed by atoms with Crippen LogP contribution in [0.15, 0.2) is 18.2 Å². The molecule has 4 heteroatoms. The molecule has 20 heavy (non-hydrogen) atoms. The van der Waals surface area contributed by atoms with E-state index >= 15 is 0 Å². The van der Waals surface area contributed by atoms with Gasteiger partial charge in [-0.2, -0.15) is 0 Å². The molecular weight excluding hydrogens is 274 g/mol. The molecule has 2 unspecified atom stereocenters. The van der Waals surface area contributed by atoms with Crippen LogP contribution in [0.4, 0.5) is 0 Å². The van der Waals surface area contributed by atoms with Crippen LogP contribution in [0.25, 0.3) is 0 Å². The summed E-state index contributed by atoms with van der Waals surface area (Å²) in [6, 6.07) is 5.29. The lowest BCUT2D eigenvalue weighted by atomic mass is 10.0. The first-order chi connectivity index (χ1) is 9.56. The van der Waals surface area contributed by atoms with Crippen molar-refractivity contribution in [2.45, 2.75) is 51.2 Å². The summed E-state index contributed by atoms with van der Waals surface area (Å²) in [7, 11) is 0. The van der Waals surface area contributed by atoms with Crippen molar-refractivity contribution in [2.24, 2.45) is 11.7 Å². The summed E-state index contributed by atoms with van der Waals surface area (Å²) < 4.78 is 5.74. The van der Waals surface area contributed by atoms with Crippen molar-refractivity contribution in [3.8, 4) is 5.75 Å². The summed E-state index contributed by atoms with van der Waals surface area (Å²) in [6.07, 6.45) is 5.50. The van der Waals surface area contributed by atoms with Crippen molar-refractivity contribution in [1.82, 2.24) is 0 Å². The molecule has 0 heterocycles. The lowest BCUT2D eigenvalue weighted by Crippen LogP contribution is -2.21. The Labute approximate surface area is 126 Å². The van der Waals surface area contributed by atoms with Crippen molar-refractivity contribution in [3.05, 3.63) is 28.8 Å². The molecule has 0 aromatic heterocycles. The van der Waals surface area contributed by atoms with Gasteiger partial charge in [-0.05, 0) is 37.5 Å².